The molecule has 3 heteroatoms. The van der Waals surface area contributed by atoms with E-state index in [4.69, 9.17) is 4.42 Å². The maximum atomic E-state index is 7.10. The van der Waals surface area contributed by atoms with Crippen molar-refractivity contribution in [2.45, 2.75) is 6.92 Å². The van der Waals surface area contributed by atoms with E-state index in [0.29, 0.717) is 0 Å². The summed E-state index contributed by atoms with van der Waals surface area (Å²) in [6, 6.07) is 85.1. The largest absolute Gasteiger partial charge is 0.455 e. The first-order valence-corrected chi connectivity index (χ1v) is 21.9. The summed E-state index contributed by atoms with van der Waals surface area (Å²) in [5.41, 5.74) is 18.6. The predicted molar refractivity (Wildman–Crippen MR) is 269 cm³/mol. The molecule has 0 aliphatic heterocycles. The van der Waals surface area contributed by atoms with E-state index in [2.05, 4.69) is 253 Å². The van der Waals surface area contributed by atoms with Crippen molar-refractivity contribution in [3.63, 3.8) is 0 Å². The Balaban J connectivity index is 1.14. The molecule has 0 aliphatic carbocycles. The molecule has 2 heterocycles. The number of nitrogens with zero attached hydrogens (tertiary/aromatic N) is 2. The Bertz CT molecular complexity index is 3620. The lowest BCUT2D eigenvalue weighted by Crippen LogP contribution is -2.12. The van der Waals surface area contributed by atoms with Crippen LogP contribution in [0.25, 0.3) is 93.9 Å². The highest BCUT2D eigenvalue weighted by Crippen LogP contribution is 2.50. The van der Waals surface area contributed by atoms with Gasteiger partial charge in [0.2, 0.25) is 0 Å². The van der Waals surface area contributed by atoms with Crippen molar-refractivity contribution in [3.05, 3.63) is 242 Å². The third-order valence-corrected chi connectivity index (χ3v) is 12.7. The molecule has 0 saturated heterocycles. The van der Waals surface area contributed by atoms with E-state index in [1.54, 1.807) is 0 Å². The van der Waals surface area contributed by atoms with Crippen LogP contribution in [-0.2, 0) is 0 Å². The molecule has 3 nitrogen and oxygen atoms in total. The van der Waals surface area contributed by atoms with Gasteiger partial charge in [0.1, 0.15) is 11.2 Å². The zero-order valence-corrected chi connectivity index (χ0v) is 35.3. The van der Waals surface area contributed by atoms with E-state index in [-0.39, 0.29) is 0 Å². The molecule has 0 fully saturated rings. The van der Waals surface area contributed by atoms with Gasteiger partial charge >= 0.3 is 0 Å². The molecule has 2 aromatic heterocycles. The molecule has 10 aromatic carbocycles. The number of anilines is 3. The summed E-state index contributed by atoms with van der Waals surface area (Å²) >= 11 is 0. The second kappa shape index (κ2) is 15.5. The number of benzene rings is 10. The summed E-state index contributed by atoms with van der Waals surface area (Å²) in [6.07, 6.45) is 0. The fourth-order valence-electron chi connectivity index (χ4n) is 9.81. The van der Waals surface area contributed by atoms with Gasteiger partial charge in [-0.05, 0) is 101 Å². The fraction of sp³-hybridized carbons (Fsp3) is 0.0164. The van der Waals surface area contributed by atoms with Crippen molar-refractivity contribution < 1.29 is 4.42 Å². The van der Waals surface area contributed by atoms with Gasteiger partial charge in [-0.1, -0.05) is 176 Å². The van der Waals surface area contributed by atoms with Gasteiger partial charge in [-0.25, -0.2) is 0 Å². The van der Waals surface area contributed by atoms with Crippen LogP contribution in [0.2, 0.25) is 0 Å². The van der Waals surface area contributed by atoms with Crippen LogP contribution in [-0.4, -0.2) is 4.57 Å². The highest BCUT2D eigenvalue weighted by atomic mass is 16.3. The molecular formula is C61H42N2O. The Labute approximate surface area is 372 Å². The SMILES string of the molecule is Cc1cc(N(c2ccc(-c3ccccc3)cc2-c2ccccc2)c2ccc(-c3ccccc3-n3c4ccccc4c4ccccc43)c3oc4ccccc4c23)ccc1-c1ccccc1. The second-order valence-electron chi connectivity index (χ2n) is 16.5. The highest BCUT2D eigenvalue weighted by Gasteiger charge is 2.26. The lowest BCUT2D eigenvalue weighted by Gasteiger charge is -2.30. The van der Waals surface area contributed by atoms with Gasteiger partial charge in [0.15, 0.2) is 0 Å². The summed E-state index contributed by atoms with van der Waals surface area (Å²) in [4.78, 5) is 2.45. The van der Waals surface area contributed by atoms with Gasteiger partial charge in [-0.15, -0.1) is 0 Å². The Morgan fingerprint density at radius 3 is 1.61 bits per heavy atom. The highest BCUT2D eigenvalue weighted by molar-refractivity contribution is 6.18. The summed E-state index contributed by atoms with van der Waals surface area (Å²) in [5, 5.41) is 4.58. The molecule has 0 amide bonds. The number of aryl methyl sites for hydroxylation is 1. The molecule has 0 radical (unpaired) electrons. The first-order chi connectivity index (χ1) is 31.7. The van der Waals surface area contributed by atoms with Crippen LogP contribution in [0.15, 0.2) is 241 Å². The maximum Gasteiger partial charge on any atom is 0.145 e. The number of furan rings is 1. The first kappa shape index (κ1) is 37.4. The van der Waals surface area contributed by atoms with Gasteiger partial charge in [-0.2, -0.15) is 0 Å². The van der Waals surface area contributed by atoms with Gasteiger partial charge in [-0.3, -0.25) is 0 Å². The van der Waals surface area contributed by atoms with Crippen molar-refractivity contribution in [2.24, 2.45) is 0 Å². The lowest BCUT2D eigenvalue weighted by molar-refractivity contribution is 0.670. The molecular weight excluding hydrogens is 777 g/mol. The average molecular weight is 819 g/mol. The number of para-hydroxylation sites is 4. The van der Waals surface area contributed by atoms with E-state index >= 15 is 0 Å². The summed E-state index contributed by atoms with van der Waals surface area (Å²) in [5.74, 6) is 0. The monoisotopic (exact) mass is 818 g/mol. The molecule has 12 aromatic rings. The predicted octanol–water partition coefficient (Wildman–Crippen LogP) is 17.1. The van der Waals surface area contributed by atoms with Crippen LogP contribution in [0.4, 0.5) is 17.1 Å². The number of hydrogen-bond acceptors (Lipinski definition) is 2. The van der Waals surface area contributed by atoms with Gasteiger partial charge < -0.3 is 13.9 Å². The van der Waals surface area contributed by atoms with Crippen LogP contribution in [0.3, 0.4) is 0 Å². The Morgan fingerprint density at radius 2 is 0.922 bits per heavy atom. The van der Waals surface area contributed by atoms with Gasteiger partial charge in [0.05, 0.1) is 33.5 Å². The van der Waals surface area contributed by atoms with Crippen molar-refractivity contribution in [1.29, 1.82) is 0 Å². The van der Waals surface area contributed by atoms with Crippen LogP contribution >= 0.6 is 0 Å². The molecule has 0 N–H and O–H groups in total. The molecule has 0 bridgehead atoms. The zero-order chi connectivity index (χ0) is 42.6. The Hall–Kier alpha value is -8.40. The fourth-order valence-corrected chi connectivity index (χ4v) is 9.81. The minimum Gasteiger partial charge on any atom is -0.455 e. The minimum absolute atomic E-state index is 0.844. The molecule has 0 spiro atoms. The number of fused-ring (bicyclic) bond motifs is 6. The summed E-state index contributed by atoms with van der Waals surface area (Å²) in [7, 11) is 0. The van der Waals surface area contributed by atoms with Crippen molar-refractivity contribution in [1.82, 2.24) is 4.57 Å². The van der Waals surface area contributed by atoms with Gasteiger partial charge in [0, 0.05) is 38.5 Å². The van der Waals surface area contributed by atoms with Crippen LogP contribution in [0.1, 0.15) is 5.56 Å². The molecule has 0 atom stereocenters. The minimum atomic E-state index is 0.844. The number of aromatic nitrogens is 1. The quantitative estimate of drug-likeness (QED) is 0.152. The third kappa shape index (κ3) is 6.20. The first-order valence-electron chi connectivity index (χ1n) is 21.9. The van der Waals surface area contributed by atoms with Crippen molar-refractivity contribution in [2.75, 3.05) is 4.90 Å². The smallest absolute Gasteiger partial charge is 0.145 e. The molecule has 0 aliphatic rings. The lowest BCUT2D eigenvalue weighted by atomic mass is 9.94. The summed E-state index contributed by atoms with van der Waals surface area (Å²) < 4.78 is 9.51. The maximum absolute atomic E-state index is 7.10. The van der Waals surface area contributed by atoms with E-state index in [0.717, 1.165) is 72.5 Å². The Morgan fingerprint density at radius 1 is 0.375 bits per heavy atom. The van der Waals surface area contributed by atoms with Crippen molar-refractivity contribution >= 4 is 60.8 Å². The van der Waals surface area contributed by atoms with E-state index in [1.807, 2.05) is 0 Å². The molecule has 0 unspecified atom stereocenters. The van der Waals surface area contributed by atoms with Crippen LogP contribution in [0, 0.1) is 6.92 Å². The molecule has 12 rings (SSSR count). The van der Waals surface area contributed by atoms with Crippen LogP contribution in [0.5, 0.6) is 0 Å². The van der Waals surface area contributed by atoms with Crippen molar-refractivity contribution in [3.8, 4) is 50.2 Å². The van der Waals surface area contributed by atoms with E-state index < -0.39 is 0 Å². The standard InChI is InChI=1S/C61H42N2O/c1-41-39-46(34-35-47(41)43-21-7-3-8-22-43)62(57-37-33-45(42-19-5-2-6-20-42)40-53(57)44-23-9-4-10-24-44)58-38-36-51(61-60(58)52-28-14-18-32-59(52)64-61)50-27-13-17-31-56(50)63-54-29-15-11-25-48(54)49-26-12-16-30-55(49)63/h2-40H,1H3. The second-order valence-corrected chi connectivity index (χ2v) is 16.5. The third-order valence-electron chi connectivity index (χ3n) is 12.7. The zero-order valence-electron chi connectivity index (χ0n) is 35.3. The van der Waals surface area contributed by atoms with E-state index in [9.17, 15) is 0 Å². The summed E-state index contributed by atoms with van der Waals surface area (Å²) in [6.45, 7) is 2.22. The molecule has 302 valence electrons. The molecule has 64 heavy (non-hydrogen) atoms. The number of hydrogen-bond donors (Lipinski definition) is 0. The van der Waals surface area contributed by atoms with E-state index in [1.165, 1.54) is 44.1 Å². The van der Waals surface area contributed by atoms with Gasteiger partial charge in [0.25, 0.3) is 0 Å². The normalized spacial score (nSPS) is 11.5. The number of rotatable bonds is 8. The topological polar surface area (TPSA) is 21.3 Å². The van der Waals surface area contributed by atoms with Crippen LogP contribution < -0.4 is 4.90 Å². The average Bonchev–Trinajstić information content (AvgIpc) is 3.92. The Kier molecular flexibility index (Phi) is 9.05. The molecule has 0 saturated carbocycles.